The topological polar surface area (TPSA) is 20.2 Å². The molecule has 2 aliphatic rings. The van der Waals surface area contributed by atoms with Crippen LogP contribution in [-0.4, -0.2) is 16.9 Å². The number of fused-ring (bicyclic) bond motifs is 1. The first-order chi connectivity index (χ1) is 6.92. The molecule has 0 saturated heterocycles. The monoisotopic (exact) mass is 220 g/mol. The second kappa shape index (κ2) is 3.51. The second-order valence-corrected chi connectivity index (χ2v) is 4.74. The fourth-order valence-electron chi connectivity index (χ4n) is 2.75. The molecule has 1 nitrogen and oxygen atoms in total. The van der Waals surface area contributed by atoms with E-state index in [1.54, 1.807) is 0 Å². The van der Waals surface area contributed by atoms with Gasteiger partial charge in [-0.15, -0.1) is 0 Å². The molecule has 0 aromatic rings. The van der Waals surface area contributed by atoms with Crippen LogP contribution in [0.2, 0.25) is 0 Å². The molecule has 0 aliphatic heterocycles. The highest BCUT2D eigenvalue weighted by molar-refractivity contribution is 5.02. The van der Waals surface area contributed by atoms with Crippen molar-refractivity contribution in [3.63, 3.8) is 0 Å². The highest BCUT2D eigenvalue weighted by Crippen LogP contribution is 2.48. The first-order valence-corrected chi connectivity index (χ1v) is 5.36. The fraction of sp³-hybridized carbons (Fsp3) is 0.818. The minimum absolute atomic E-state index is 0.00961. The largest absolute Gasteiger partial charge is 0.417 e. The van der Waals surface area contributed by atoms with Gasteiger partial charge in [0.25, 0.3) is 0 Å². The molecule has 86 valence electrons. The van der Waals surface area contributed by atoms with E-state index < -0.39 is 11.8 Å². The zero-order valence-corrected chi connectivity index (χ0v) is 8.43. The zero-order chi connectivity index (χ0) is 11.1. The van der Waals surface area contributed by atoms with Crippen molar-refractivity contribution in [1.82, 2.24) is 0 Å². The van der Waals surface area contributed by atoms with Gasteiger partial charge in [-0.1, -0.05) is 12.2 Å². The van der Waals surface area contributed by atoms with Gasteiger partial charge in [-0.25, -0.2) is 0 Å². The Morgan fingerprint density at radius 3 is 2.33 bits per heavy atom. The van der Waals surface area contributed by atoms with Gasteiger partial charge in [-0.05, 0) is 43.9 Å². The maximum absolute atomic E-state index is 12.6. The summed E-state index contributed by atoms with van der Waals surface area (Å²) in [7, 11) is 0. The quantitative estimate of drug-likeness (QED) is 0.622. The smallest absolute Gasteiger partial charge is 0.380 e. The lowest BCUT2D eigenvalue weighted by Gasteiger charge is -2.43. The molecule has 3 unspecified atom stereocenters. The first-order valence-electron chi connectivity index (χ1n) is 5.36. The van der Waals surface area contributed by atoms with Gasteiger partial charge in [0.2, 0.25) is 0 Å². The molecule has 15 heavy (non-hydrogen) atoms. The molecule has 4 heteroatoms. The van der Waals surface area contributed by atoms with E-state index in [2.05, 4.69) is 0 Å². The van der Waals surface area contributed by atoms with Gasteiger partial charge >= 0.3 is 6.18 Å². The van der Waals surface area contributed by atoms with Crippen LogP contribution >= 0.6 is 0 Å². The average Bonchev–Trinajstić information content (AvgIpc) is 2.16. The normalized spacial score (nSPS) is 41.3. The van der Waals surface area contributed by atoms with E-state index in [9.17, 15) is 18.3 Å². The fourth-order valence-corrected chi connectivity index (χ4v) is 2.75. The summed E-state index contributed by atoms with van der Waals surface area (Å²) in [5.41, 5.74) is -2.43. The van der Waals surface area contributed by atoms with Crippen LogP contribution in [0.4, 0.5) is 13.2 Å². The summed E-state index contributed by atoms with van der Waals surface area (Å²) in [5, 5.41) is 9.60. The number of allylic oxidation sites excluding steroid dienone is 2. The van der Waals surface area contributed by atoms with Crippen LogP contribution in [0.25, 0.3) is 0 Å². The first kappa shape index (κ1) is 11.0. The van der Waals surface area contributed by atoms with Crippen molar-refractivity contribution < 1.29 is 18.3 Å². The Bertz CT molecular complexity index is 271. The third-order valence-electron chi connectivity index (χ3n) is 3.77. The minimum atomic E-state index is -4.47. The van der Waals surface area contributed by atoms with E-state index in [-0.39, 0.29) is 18.8 Å². The van der Waals surface area contributed by atoms with Gasteiger partial charge in [0.05, 0.1) is 0 Å². The van der Waals surface area contributed by atoms with E-state index in [0.717, 1.165) is 6.42 Å². The van der Waals surface area contributed by atoms with Gasteiger partial charge in [0, 0.05) is 0 Å². The average molecular weight is 220 g/mol. The molecule has 0 aromatic carbocycles. The molecule has 1 saturated carbocycles. The van der Waals surface area contributed by atoms with Gasteiger partial charge in [-0.3, -0.25) is 0 Å². The van der Waals surface area contributed by atoms with Crippen molar-refractivity contribution in [2.24, 2.45) is 11.8 Å². The number of aliphatic hydroxyl groups is 1. The van der Waals surface area contributed by atoms with Gasteiger partial charge < -0.3 is 5.11 Å². The Morgan fingerprint density at radius 2 is 1.73 bits per heavy atom. The van der Waals surface area contributed by atoms with Crippen LogP contribution < -0.4 is 0 Å². The molecule has 1 fully saturated rings. The maximum atomic E-state index is 12.6. The highest BCUT2D eigenvalue weighted by Gasteiger charge is 2.56. The summed E-state index contributed by atoms with van der Waals surface area (Å²) in [4.78, 5) is 0. The van der Waals surface area contributed by atoms with Crippen LogP contribution in [0.1, 0.15) is 32.1 Å². The van der Waals surface area contributed by atoms with E-state index in [1.165, 1.54) is 0 Å². The Kier molecular flexibility index (Phi) is 2.57. The van der Waals surface area contributed by atoms with Crippen molar-refractivity contribution in [2.75, 3.05) is 0 Å². The summed E-state index contributed by atoms with van der Waals surface area (Å²) >= 11 is 0. The summed E-state index contributed by atoms with van der Waals surface area (Å²) in [5.74, 6) is 0.355. The summed E-state index contributed by atoms with van der Waals surface area (Å²) < 4.78 is 37.8. The molecule has 0 amide bonds. The van der Waals surface area contributed by atoms with E-state index in [1.807, 2.05) is 12.2 Å². The number of hydrogen-bond donors (Lipinski definition) is 1. The molecule has 0 aromatic heterocycles. The molecular formula is C11H15F3O. The molecule has 2 rings (SSSR count). The molecule has 3 atom stereocenters. The van der Waals surface area contributed by atoms with Crippen LogP contribution in [0, 0.1) is 11.8 Å². The van der Waals surface area contributed by atoms with E-state index >= 15 is 0 Å². The molecular weight excluding hydrogens is 205 g/mol. The third kappa shape index (κ3) is 1.92. The second-order valence-electron chi connectivity index (χ2n) is 4.74. The van der Waals surface area contributed by atoms with Crippen molar-refractivity contribution >= 4 is 0 Å². The van der Waals surface area contributed by atoms with Crippen molar-refractivity contribution in [2.45, 2.75) is 43.9 Å². The SMILES string of the molecule is OC1(C(F)(F)F)CCC2CC=CCC2C1. The Labute approximate surface area is 87.0 Å². The molecule has 0 bridgehead atoms. The van der Waals surface area contributed by atoms with Crippen molar-refractivity contribution in [3.8, 4) is 0 Å². The number of halogens is 3. The molecule has 2 aliphatic carbocycles. The Balaban J connectivity index is 2.12. The number of rotatable bonds is 0. The van der Waals surface area contributed by atoms with Gasteiger partial charge in [-0.2, -0.15) is 13.2 Å². The molecule has 0 heterocycles. The predicted molar refractivity (Wildman–Crippen MR) is 50.2 cm³/mol. The van der Waals surface area contributed by atoms with Crippen LogP contribution in [0.5, 0.6) is 0 Å². The van der Waals surface area contributed by atoms with Crippen LogP contribution in [0.3, 0.4) is 0 Å². The van der Waals surface area contributed by atoms with E-state index in [0.29, 0.717) is 18.8 Å². The summed E-state index contributed by atoms with van der Waals surface area (Å²) in [6.07, 6.45) is 1.30. The van der Waals surface area contributed by atoms with Gasteiger partial charge in [0.15, 0.2) is 5.60 Å². The Morgan fingerprint density at radius 1 is 1.13 bits per heavy atom. The van der Waals surface area contributed by atoms with Crippen molar-refractivity contribution in [3.05, 3.63) is 12.2 Å². The lowest BCUT2D eigenvalue weighted by atomic mass is 9.67. The molecule has 1 N–H and O–H groups in total. The lowest BCUT2D eigenvalue weighted by molar-refractivity contribution is -0.277. The van der Waals surface area contributed by atoms with Gasteiger partial charge in [0.1, 0.15) is 0 Å². The minimum Gasteiger partial charge on any atom is -0.380 e. The third-order valence-corrected chi connectivity index (χ3v) is 3.77. The van der Waals surface area contributed by atoms with Crippen LogP contribution in [-0.2, 0) is 0 Å². The predicted octanol–water partition coefficient (Wildman–Crippen LogP) is 3.05. The lowest BCUT2D eigenvalue weighted by Crippen LogP contribution is -2.50. The number of alkyl halides is 3. The summed E-state index contributed by atoms with van der Waals surface area (Å²) in [6, 6.07) is 0. The Hall–Kier alpha value is -0.510. The number of hydrogen-bond acceptors (Lipinski definition) is 1. The summed E-state index contributed by atoms with van der Waals surface area (Å²) in [6.45, 7) is 0. The maximum Gasteiger partial charge on any atom is 0.417 e. The van der Waals surface area contributed by atoms with Crippen molar-refractivity contribution in [1.29, 1.82) is 0 Å². The standard InChI is InChI=1S/C11H15F3O/c12-11(13,14)10(15)6-5-8-3-1-2-4-9(8)7-10/h1-2,8-9,15H,3-7H2. The van der Waals surface area contributed by atoms with E-state index in [4.69, 9.17) is 0 Å². The zero-order valence-electron chi connectivity index (χ0n) is 8.43. The molecule has 0 spiro atoms. The highest BCUT2D eigenvalue weighted by atomic mass is 19.4. The molecule has 0 radical (unpaired) electrons. The van der Waals surface area contributed by atoms with Crippen LogP contribution in [0.15, 0.2) is 12.2 Å².